The third-order valence-corrected chi connectivity index (χ3v) is 3.36. The minimum Gasteiger partial charge on any atom is -0.341 e. The van der Waals surface area contributed by atoms with Crippen molar-refractivity contribution in [3.8, 4) is 11.4 Å². The Hall–Kier alpha value is -1.61. The van der Waals surface area contributed by atoms with Gasteiger partial charge in [0.25, 0.3) is 0 Å². The Kier molecular flexibility index (Phi) is 2.48. The van der Waals surface area contributed by atoms with Crippen LogP contribution in [0.3, 0.4) is 0 Å². The first kappa shape index (κ1) is 10.5. The second-order valence-corrected chi connectivity index (χ2v) is 4.88. The summed E-state index contributed by atoms with van der Waals surface area (Å²) in [6.45, 7) is 6.41. The van der Waals surface area contributed by atoms with Gasteiger partial charge in [0.2, 0.25) is 0 Å². The predicted octanol–water partition coefficient (Wildman–Crippen LogP) is 2.80. The van der Waals surface area contributed by atoms with Crippen LogP contribution in [-0.2, 0) is 13.1 Å². The first-order chi connectivity index (χ1) is 8.24. The number of hydrogen-bond acceptors (Lipinski definition) is 2. The molecule has 0 saturated carbocycles. The maximum absolute atomic E-state index is 4.70. The SMILES string of the molecule is CC(C)N1Cc2nc(-c3ccccc3)[nH]c2C1. The highest BCUT2D eigenvalue weighted by Crippen LogP contribution is 2.26. The summed E-state index contributed by atoms with van der Waals surface area (Å²) in [4.78, 5) is 10.6. The summed E-state index contributed by atoms with van der Waals surface area (Å²) in [5.41, 5.74) is 3.65. The fraction of sp³-hybridized carbons (Fsp3) is 0.357. The van der Waals surface area contributed by atoms with E-state index in [2.05, 4.69) is 35.9 Å². The van der Waals surface area contributed by atoms with Crippen LogP contribution in [0.2, 0.25) is 0 Å². The van der Waals surface area contributed by atoms with E-state index >= 15 is 0 Å². The van der Waals surface area contributed by atoms with Gasteiger partial charge in [-0.3, -0.25) is 4.90 Å². The van der Waals surface area contributed by atoms with E-state index in [0.29, 0.717) is 6.04 Å². The number of benzene rings is 1. The number of hydrogen-bond donors (Lipinski definition) is 1. The maximum atomic E-state index is 4.70. The van der Waals surface area contributed by atoms with Crippen LogP contribution in [0.5, 0.6) is 0 Å². The van der Waals surface area contributed by atoms with Crippen LogP contribution < -0.4 is 0 Å². The number of aromatic nitrogens is 2. The summed E-state index contributed by atoms with van der Waals surface area (Å²) in [6.07, 6.45) is 0. The smallest absolute Gasteiger partial charge is 0.137 e. The van der Waals surface area contributed by atoms with E-state index in [1.54, 1.807) is 0 Å². The van der Waals surface area contributed by atoms with Gasteiger partial charge in [-0.1, -0.05) is 30.3 Å². The number of fused-ring (bicyclic) bond motifs is 1. The summed E-state index contributed by atoms with van der Waals surface area (Å²) >= 11 is 0. The topological polar surface area (TPSA) is 31.9 Å². The van der Waals surface area contributed by atoms with Crippen LogP contribution in [0, 0.1) is 0 Å². The number of rotatable bonds is 2. The van der Waals surface area contributed by atoms with Crippen molar-refractivity contribution in [3.05, 3.63) is 41.7 Å². The summed E-state index contributed by atoms with van der Waals surface area (Å²) in [5, 5.41) is 0. The Bertz CT molecular complexity index is 490. The summed E-state index contributed by atoms with van der Waals surface area (Å²) in [5.74, 6) is 0.999. The van der Waals surface area contributed by atoms with Gasteiger partial charge in [-0.15, -0.1) is 0 Å². The van der Waals surface area contributed by atoms with Crippen molar-refractivity contribution in [2.75, 3.05) is 0 Å². The minimum atomic E-state index is 0.581. The van der Waals surface area contributed by atoms with Gasteiger partial charge < -0.3 is 4.98 Å². The molecule has 0 spiro atoms. The molecular formula is C14H17N3. The number of nitrogens with zero attached hydrogens (tertiary/aromatic N) is 2. The van der Waals surface area contributed by atoms with Gasteiger partial charge in [-0.2, -0.15) is 0 Å². The Labute approximate surface area is 101 Å². The zero-order valence-corrected chi connectivity index (χ0v) is 10.3. The standard InChI is InChI=1S/C14H17N3/c1-10(2)17-8-12-13(9-17)16-14(15-12)11-6-4-3-5-7-11/h3-7,10H,8-9H2,1-2H3,(H,15,16). The quantitative estimate of drug-likeness (QED) is 0.855. The normalized spacial score (nSPS) is 15.5. The average Bonchev–Trinajstić information content (AvgIpc) is 2.87. The molecular weight excluding hydrogens is 210 g/mol. The van der Waals surface area contributed by atoms with Crippen molar-refractivity contribution < 1.29 is 0 Å². The van der Waals surface area contributed by atoms with Crippen molar-refractivity contribution in [1.29, 1.82) is 0 Å². The highest BCUT2D eigenvalue weighted by atomic mass is 15.2. The van der Waals surface area contributed by atoms with Crippen molar-refractivity contribution in [3.63, 3.8) is 0 Å². The molecule has 0 aliphatic carbocycles. The Balaban J connectivity index is 1.88. The molecule has 17 heavy (non-hydrogen) atoms. The molecule has 2 aromatic rings. The van der Waals surface area contributed by atoms with Crippen LogP contribution in [0.25, 0.3) is 11.4 Å². The summed E-state index contributed by atoms with van der Waals surface area (Å²) in [6, 6.07) is 10.9. The molecule has 1 aliphatic rings. The van der Waals surface area contributed by atoms with Crippen LogP contribution in [0.4, 0.5) is 0 Å². The third-order valence-electron chi connectivity index (χ3n) is 3.36. The molecule has 0 bridgehead atoms. The van der Waals surface area contributed by atoms with Crippen molar-refractivity contribution in [1.82, 2.24) is 14.9 Å². The van der Waals surface area contributed by atoms with Crippen LogP contribution in [0.15, 0.2) is 30.3 Å². The van der Waals surface area contributed by atoms with Crippen LogP contribution in [-0.4, -0.2) is 20.9 Å². The predicted molar refractivity (Wildman–Crippen MR) is 68.4 cm³/mol. The number of imidazole rings is 1. The van der Waals surface area contributed by atoms with Crippen LogP contribution >= 0.6 is 0 Å². The minimum absolute atomic E-state index is 0.581. The van der Waals surface area contributed by atoms with Gasteiger partial charge in [0, 0.05) is 24.7 Å². The molecule has 0 fully saturated rings. The molecule has 88 valence electrons. The number of aromatic amines is 1. The highest BCUT2D eigenvalue weighted by Gasteiger charge is 2.24. The molecule has 1 N–H and O–H groups in total. The number of H-pyrrole nitrogens is 1. The van der Waals surface area contributed by atoms with Gasteiger partial charge >= 0.3 is 0 Å². The molecule has 3 nitrogen and oxygen atoms in total. The van der Waals surface area contributed by atoms with Crippen molar-refractivity contribution in [2.45, 2.75) is 33.0 Å². The Morgan fingerprint density at radius 2 is 1.94 bits per heavy atom. The van der Waals surface area contributed by atoms with E-state index in [1.165, 1.54) is 11.4 Å². The maximum Gasteiger partial charge on any atom is 0.137 e. The van der Waals surface area contributed by atoms with Crippen LogP contribution in [0.1, 0.15) is 25.2 Å². The fourth-order valence-corrected chi connectivity index (χ4v) is 2.26. The zero-order valence-electron chi connectivity index (χ0n) is 10.3. The monoisotopic (exact) mass is 227 g/mol. The van der Waals surface area contributed by atoms with Gasteiger partial charge in [-0.05, 0) is 13.8 Å². The lowest BCUT2D eigenvalue weighted by molar-refractivity contribution is 0.224. The van der Waals surface area contributed by atoms with Crippen molar-refractivity contribution >= 4 is 0 Å². The first-order valence-corrected chi connectivity index (χ1v) is 6.11. The van der Waals surface area contributed by atoms with Gasteiger partial charge in [-0.25, -0.2) is 4.98 Å². The van der Waals surface area contributed by atoms with E-state index in [-0.39, 0.29) is 0 Å². The first-order valence-electron chi connectivity index (χ1n) is 6.11. The summed E-state index contributed by atoms with van der Waals surface area (Å²) < 4.78 is 0. The second-order valence-electron chi connectivity index (χ2n) is 4.88. The molecule has 0 unspecified atom stereocenters. The van der Waals surface area contributed by atoms with Crippen molar-refractivity contribution in [2.24, 2.45) is 0 Å². The molecule has 0 amide bonds. The molecule has 0 saturated heterocycles. The van der Waals surface area contributed by atoms with E-state index in [1.807, 2.05) is 18.2 Å². The molecule has 3 rings (SSSR count). The van der Waals surface area contributed by atoms with E-state index in [0.717, 1.165) is 24.5 Å². The van der Waals surface area contributed by atoms with E-state index in [9.17, 15) is 0 Å². The van der Waals surface area contributed by atoms with E-state index in [4.69, 9.17) is 4.98 Å². The molecule has 0 radical (unpaired) electrons. The molecule has 3 heteroatoms. The van der Waals surface area contributed by atoms with Gasteiger partial charge in [0.1, 0.15) is 5.82 Å². The zero-order chi connectivity index (χ0) is 11.8. The molecule has 2 heterocycles. The average molecular weight is 227 g/mol. The van der Waals surface area contributed by atoms with Gasteiger partial charge in [0.15, 0.2) is 0 Å². The lowest BCUT2D eigenvalue weighted by Gasteiger charge is -2.18. The summed E-state index contributed by atoms with van der Waals surface area (Å²) in [7, 11) is 0. The second kappa shape index (κ2) is 4.00. The lowest BCUT2D eigenvalue weighted by Crippen LogP contribution is -2.25. The molecule has 1 aromatic carbocycles. The Morgan fingerprint density at radius 1 is 1.18 bits per heavy atom. The lowest BCUT2D eigenvalue weighted by atomic mass is 10.2. The largest absolute Gasteiger partial charge is 0.341 e. The molecule has 1 aromatic heterocycles. The van der Waals surface area contributed by atoms with Gasteiger partial charge in [0.05, 0.1) is 11.4 Å². The molecule has 0 atom stereocenters. The highest BCUT2D eigenvalue weighted by molar-refractivity contribution is 5.55. The molecule has 1 aliphatic heterocycles. The Morgan fingerprint density at radius 3 is 2.59 bits per heavy atom. The number of nitrogens with one attached hydrogen (secondary N) is 1. The van der Waals surface area contributed by atoms with E-state index < -0.39 is 0 Å². The fourth-order valence-electron chi connectivity index (χ4n) is 2.26. The third kappa shape index (κ3) is 1.87.